The second-order valence-corrected chi connectivity index (χ2v) is 18.1. The molecule has 0 unspecified atom stereocenters. The van der Waals surface area contributed by atoms with Gasteiger partial charge in [-0.3, -0.25) is 50.4 Å². The van der Waals surface area contributed by atoms with Crippen LogP contribution >= 0.6 is 0 Å². The molecule has 28 heteroatoms. The van der Waals surface area contributed by atoms with Crippen molar-refractivity contribution in [1.29, 1.82) is 21.6 Å². The summed E-state index contributed by atoms with van der Waals surface area (Å²) < 4.78 is 0. The average Bonchev–Trinajstić information content (AvgIpc) is 3.38. The highest BCUT2D eigenvalue weighted by atomic mass is 16.4. The largest absolute Gasteiger partial charge is 0.480 e. The van der Waals surface area contributed by atoms with Crippen LogP contribution in [0.1, 0.15) is 62.5 Å². The van der Waals surface area contributed by atoms with Gasteiger partial charge in [-0.25, -0.2) is 4.79 Å². The Morgan fingerprint density at radius 1 is 0.429 bits per heavy atom. The van der Waals surface area contributed by atoms with Crippen molar-refractivity contribution in [1.82, 2.24) is 53.2 Å². The van der Waals surface area contributed by atoms with Gasteiger partial charge in [0.1, 0.15) is 36.3 Å². The topological polar surface area (TPSA) is 512 Å². The second-order valence-electron chi connectivity index (χ2n) is 18.1. The minimum Gasteiger partial charge on any atom is -0.480 e. The van der Waals surface area contributed by atoms with E-state index >= 15 is 0 Å². The fraction of sp³-hybridized carbons (Fsp3) is 0.449. The number of amides is 6. The summed E-state index contributed by atoms with van der Waals surface area (Å²) in [7, 11) is 0. The standard InChI is InChI=1S/C49H76N20O8/c50-27-38(45(76)77)69-43(74)36(17-9-23-63-49(58)59)66-41(72)34(15-7-21-61-47(54)55)64-40(71)33(14-6-20-60-46(52)53)65-42(73)35(16-8-22-62-48(56)57)67-44(75)37(26-29-18-19-30-12-4-5-13-31(30)24-29)68-39(70)32(51)25-28-10-2-1-3-11-28/h1-5,10-13,18-19,24,32-38H,6-9,14-17,20-23,25-27,50-51H2,(H,64,71)(H,65,73)(H,66,72)(H,67,75)(H,68,70)(H,69,74)(H,76,77)(H4,52,53,60)(H4,54,55,61)(H4,56,57,62)(H4,58,59,63)/t32-,33-,34-,35-,36-,37-,38-/m0/s1. The molecule has 420 valence electrons. The van der Waals surface area contributed by atoms with Crippen molar-refractivity contribution < 1.29 is 38.7 Å². The van der Waals surface area contributed by atoms with Crippen LogP contribution in [0.25, 0.3) is 10.8 Å². The highest BCUT2D eigenvalue weighted by Crippen LogP contribution is 2.18. The summed E-state index contributed by atoms with van der Waals surface area (Å²) >= 11 is 0. The van der Waals surface area contributed by atoms with Gasteiger partial charge in [0.2, 0.25) is 35.4 Å². The van der Waals surface area contributed by atoms with Gasteiger partial charge < -0.3 is 92.7 Å². The molecular formula is C49H76N20O8. The molecule has 3 rings (SSSR count). The van der Waals surface area contributed by atoms with Crippen LogP contribution in [-0.4, -0.2) is 145 Å². The van der Waals surface area contributed by atoms with E-state index in [-0.39, 0.29) is 114 Å². The SMILES string of the molecule is N=C(N)NCCC[C@H](NC(=O)[C@H](CCCNC(=N)N)NC(=O)[C@H](CCCNC(=N)N)NC(=O)[C@H](CCCNC(=N)N)NC(=O)[C@H](Cc1ccc2ccccc2c1)NC(=O)[C@@H](N)Cc1ccccc1)C(=O)N[C@@H](CN)C(=O)O. The lowest BCUT2D eigenvalue weighted by molar-refractivity contribution is -0.142. The molecule has 6 amide bonds. The summed E-state index contributed by atoms with van der Waals surface area (Å²) in [5, 5.41) is 67.8. The van der Waals surface area contributed by atoms with E-state index in [9.17, 15) is 38.7 Å². The zero-order chi connectivity index (χ0) is 56.9. The molecule has 0 bridgehead atoms. The van der Waals surface area contributed by atoms with Crippen LogP contribution in [0.5, 0.6) is 0 Å². The Morgan fingerprint density at radius 2 is 0.779 bits per heavy atom. The Bertz CT molecular complexity index is 2500. The van der Waals surface area contributed by atoms with Crippen LogP contribution in [-0.2, 0) is 46.4 Å². The van der Waals surface area contributed by atoms with Crippen molar-refractivity contribution in [2.24, 2.45) is 34.4 Å². The van der Waals surface area contributed by atoms with Crippen molar-refractivity contribution in [3.8, 4) is 0 Å². The molecular weight excluding hydrogens is 997 g/mol. The van der Waals surface area contributed by atoms with E-state index in [1.807, 2.05) is 60.7 Å². The summed E-state index contributed by atoms with van der Waals surface area (Å²) in [6, 6.07) is 12.7. The molecule has 0 fully saturated rings. The fourth-order valence-electron chi connectivity index (χ4n) is 7.83. The second kappa shape index (κ2) is 33.2. The van der Waals surface area contributed by atoms with E-state index in [1.165, 1.54) is 0 Å². The first-order valence-corrected chi connectivity index (χ1v) is 25.0. The predicted octanol–water partition coefficient (Wildman–Crippen LogP) is -4.04. The number of hydrogen-bond acceptors (Lipinski definition) is 13. The number of nitrogens with one attached hydrogen (secondary N) is 14. The first-order valence-electron chi connectivity index (χ1n) is 25.0. The quantitative estimate of drug-likeness (QED) is 0.0154. The van der Waals surface area contributed by atoms with Crippen molar-refractivity contribution >= 4 is 76.0 Å². The Labute approximate surface area is 445 Å². The molecule has 0 spiro atoms. The van der Waals surface area contributed by atoms with E-state index in [2.05, 4.69) is 53.2 Å². The molecule has 3 aromatic carbocycles. The number of carbonyl (C=O) groups is 7. The molecule has 27 N–H and O–H groups in total. The summed E-state index contributed by atoms with van der Waals surface area (Å²) in [4.78, 5) is 96.7. The molecule has 0 aliphatic rings. The van der Waals surface area contributed by atoms with E-state index in [0.29, 0.717) is 5.56 Å². The lowest BCUT2D eigenvalue weighted by Crippen LogP contribution is -2.60. The lowest BCUT2D eigenvalue weighted by Gasteiger charge is -2.28. The normalized spacial score (nSPS) is 13.5. The predicted molar refractivity (Wildman–Crippen MR) is 291 cm³/mol. The highest BCUT2D eigenvalue weighted by Gasteiger charge is 2.34. The van der Waals surface area contributed by atoms with Crippen LogP contribution in [0.2, 0.25) is 0 Å². The maximum atomic E-state index is 14.6. The van der Waals surface area contributed by atoms with Crippen LogP contribution < -0.4 is 87.6 Å². The van der Waals surface area contributed by atoms with Gasteiger partial charge in [-0.15, -0.1) is 0 Å². The maximum absolute atomic E-state index is 14.6. The number of rotatable bonds is 34. The van der Waals surface area contributed by atoms with Crippen LogP contribution in [0.3, 0.4) is 0 Å². The number of benzene rings is 3. The van der Waals surface area contributed by atoms with Crippen molar-refractivity contribution in [3.63, 3.8) is 0 Å². The van der Waals surface area contributed by atoms with Gasteiger partial charge in [0.15, 0.2) is 23.8 Å². The molecule has 77 heavy (non-hydrogen) atoms. The zero-order valence-electron chi connectivity index (χ0n) is 42.8. The molecule has 0 aliphatic heterocycles. The first-order chi connectivity index (χ1) is 36.7. The molecule has 0 heterocycles. The smallest absolute Gasteiger partial charge is 0.327 e. The van der Waals surface area contributed by atoms with Gasteiger partial charge >= 0.3 is 5.97 Å². The third-order valence-corrected chi connectivity index (χ3v) is 11.8. The van der Waals surface area contributed by atoms with Crippen molar-refractivity contribution in [2.75, 3.05) is 32.7 Å². The third-order valence-electron chi connectivity index (χ3n) is 11.8. The monoisotopic (exact) mass is 1070 g/mol. The van der Waals surface area contributed by atoms with Crippen LogP contribution in [0, 0.1) is 21.6 Å². The van der Waals surface area contributed by atoms with Gasteiger partial charge in [0, 0.05) is 39.1 Å². The van der Waals surface area contributed by atoms with E-state index in [4.69, 9.17) is 56.0 Å². The summed E-state index contributed by atoms with van der Waals surface area (Å²) in [6.07, 6.45) is 0.305. The molecule has 0 saturated heterocycles. The van der Waals surface area contributed by atoms with Crippen LogP contribution in [0.4, 0.5) is 0 Å². The van der Waals surface area contributed by atoms with E-state index in [1.54, 1.807) is 12.1 Å². The van der Waals surface area contributed by atoms with Crippen molar-refractivity contribution in [3.05, 3.63) is 83.9 Å². The molecule has 0 saturated carbocycles. The molecule has 28 nitrogen and oxygen atoms in total. The number of guanidine groups is 4. The minimum absolute atomic E-state index is 0.0226. The Kier molecular flexibility index (Phi) is 26.9. The Balaban J connectivity index is 2.00. The Hall–Kier alpha value is -8.79. The molecule has 3 aromatic rings. The lowest BCUT2D eigenvalue weighted by atomic mass is 9.99. The summed E-state index contributed by atoms with van der Waals surface area (Å²) in [5.41, 5.74) is 35.3. The van der Waals surface area contributed by atoms with E-state index < -0.39 is 90.3 Å². The fourth-order valence-corrected chi connectivity index (χ4v) is 7.83. The molecule has 7 atom stereocenters. The number of nitrogens with two attached hydrogens (primary N) is 6. The van der Waals surface area contributed by atoms with Crippen molar-refractivity contribution in [2.45, 2.75) is 107 Å². The number of carboxylic acid groups (broad SMARTS) is 1. The molecule has 0 aromatic heterocycles. The number of aliphatic carboxylic acids is 1. The van der Waals surface area contributed by atoms with Gasteiger partial charge in [-0.05, 0) is 79.7 Å². The van der Waals surface area contributed by atoms with Gasteiger partial charge in [-0.1, -0.05) is 72.8 Å². The molecule has 0 aliphatic carbocycles. The van der Waals surface area contributed by atoms with Crippen LogP contribution in [0.15, 0.2) is 72.8 Å². The summed E-state index contributed by atoms with van der Waals surface area (Å²) in [5.74, 6) is -7.81. The first kappa shape index (κ1) is 62.5. The molecule has 0 radical (unpaired) electrons. The van der Waals surface area contributed by atoms with Gasteiger partial charge in [0.05, 0.1) is 6.04 Å². The number of carbonyl (C=O) groups excluding carboxylic acids is 6. The third kappa shape index (κ3) is 24.0. The highest BCUT2D eigenvalue weighted by molar-refractivity contribution is 5.97. The minimum atomic E-state index is -1.51. The number of carboxylic acids is 1. The maximum Gasteiger partial charge on any atom is 0.327 e. The number of hydrogen-bond donors (Lipinski definition) is 21. The number of fused-ring (bicyclic) bond motifs is 1. The van der Waals surface area contributed by atoms with E-state index in [0.717, 1.165) is 16.3 Å². The summed E-state index contributed by atoms with van der Waals surface area (Å²) in [6.45, 7) is -0.125. The average molecular weight is 1070 g/mol. The zero-order valence-corrected chi connectivity index (χ0v) is 42.8. The Morgan fingerprint density at radius 3 is 1.16 bits per heavy atom. The van der Waals surface area contributed by atoms with Gasteiger partial charge in [0.25, 0.3) is 0 Å². The van der Waals surface area contributed by atoms with Gasteiger partial charge in [-0.2, -0.15) is 0 Å².